The summed E-state index contributed by atoms with van der Waals surface area (Å²) in [6, 6.07) is 2.56. The Kier molecular flexibility index (Phi) is 3.13. The lowest BCUT2D eigenvalue weighted by Gasteiger charge is -2.00. The fourth-order valence-electron chi connectivity index (χ4n) is 0.654. The van der Waals surface area contributed by atoms with Crippen LogP contribution in [0.5, 0.6) is 5.88 Å². The van der Waals surface area contributed by atoms with Crippen LogP contribution in [0, 0.1) is 0 Å². The number of alkyl halides is 1. The van der Waals surface area contributed by atoms with Gasteiger partial charge in [0, 0.05) is 6.07 Å². The van der Waals surface area contributed by atoms with Crippen molar-refractivity contribution in [3.63, 3.8) is 0 Å². The number of carboxylic acid groups (broad SMARTS) is 1. The maximum Gasteiger partial charge on any atom is 0.356 e. The van der Waals surface area contributed by atoms with E-state index < -0.39 is 12.6 Å². The molecule has 70 valence electrons. The van der Waals surface area contributed by atoms with Gasteiger partial charge in [0.15, 0.2) is 5.69 Å². The summed E-state index contributed by atoms with van der Waals surface area (Å²) in [5.74, 6) is -1.05. The Bertz CT molecular complexity index is 288. The summed E-state index contributed by atoms with van der Waals surface area (Å²) in [6.07, 6.45) is 0. The van der Waals surface area contributed by atoms with Crippen molar-refractivity contribution in [3.05, 3.63) is 17.8 Å². The molecule has 0 saturated heterocycles. The number of ether oxygens (including phenoxy) is 1. The number of carbonyl (C=O) groups is 1. The summed E-state index contributed by atoms with van der Waals surface area (Å²) in [5.41, 5.74) is -0.174. The van der Waals surface area contributed by atoms with Gasteiger partial charge in [-0.2, -0.15) is 0 Å². The van der Waals surface area contributed by atoms with Gasteiger partial charge in [0.05, 0.1) is 0 Å². The van der Waals surface area contributed by atoms with Gasteiger partial charge < -0.3 is 9.84 Å². The Balaban J connectivity index is 2.64. The van der Waals surface area contributed by atoms with Gasteiger partial charge in [-0.15, -0.1) is 10.2 Å². The predicted molar refractivity (Wildman–Crippen MR) is 40.5 cm³/mol. The van der Waals surface area contributed by atoms with E-state index >= 15 is 0 Å². The first-order valence-corrected chi connectivity index (χ1v) is 3.50. The topological polar surface area (TPSA) is 72.3 Å². The van der Waals surface area contributed by atoms with Gasteiger partial charge in [0.2, 0.25) is 5.88 Å². The zero-order valence-corrected chi connectivity index (χ0v) is 6.61. The highest BCUT2D eigenvalue weighted by atomic mass is 19.1. The molecule has 1 aromatic rings. The third-order valence-electron chi connectivity index (χ3n) is 1.19. The second-order valence-electron chi connectivity index (χ2n) is 2.10. The standard InChI is InChI=1S/C7H7FN2O3/c8-3-4-13-6-2-1-5(7(11)12)9-10-6/h1-2H,3-4H2,(H,11,12). The van der Waals surface area contributed by atoms with Crippen LogP contribution in [0.4, 0.5) is 4.39 Å². The van der Waals surface area contributed by atoms with Crippen molar-refractivity contribution < 1.29 is 19.0 Å². The van der Waals surface area contributed by atoms with Crippen molar-refractivity contribution in [2.24, 2.45) is 0 Å². The summed E-state index contributed by atoms with van der Waals surface area (Å²) in [5, 5.41) is 15.2. The molecule has 1 rings (SSSR count). The lowest BCUT2D eigenvalue weighted by atomic mass is 10.4. The van der Waals surface area contributed by atoms with E-state index in [9.17, 15) is 9.18 Å². The monoisotopic (exact) mass is 186 g/mol. The van der Waals surface area contributed by atoms with Crippen LogP contribution < -0.4 is 4.74 Å². The molecule has 0 bridgehead atoms. The molecule has 1 aromatic heterocycles. The Morgan fingerprint density at radius 2 is 2.31 bits per heavy atom. The molecule has 5 nitrogen and oxygen atoms in total. The van der Waals surface area contributed by atoms with Gasteiger partial charge in [-0.25, -0.2) is 9.18 Å². The smallest absolute Gasteiger partial charge is 0.356 e. The average Bonchev–Trinajstić information content (AvgIpc) is 2.15. The molecule has 0 aliphatic carbocycles. The lowest BCUT2D eigenvalue weighted by molar-refractivity contribution is 0.0689. The minimum Gasteiger partial charge on any atom is -0.476 e. The molecule has 1 N–H and O–H groups in total. The molecule has 0 aromatic carbocycles. The second-order valence-corrected chi connectivity index (χ2v) is 2.10. The van der Waals surface area contributed by atoms with Crippen LogP contribution in [0.3, 0.4) is 0 Å². The molecular weight excluding hydrogens is 179 g/mol. The summed E-state index contributed by atoms with van der Waals surface area (Å²) >= 11 is 0. The van der Waals surface area contributed by atoms with Crippen molar-refractivity contribution in [2.75, 3.05) is 13.3 Å². The van der Waals surface area contributed by atoms with Crippen LogP contribution in [-0.4, -0.2) is 34.6 Å². The molecule has 13 heavy (non-hydrogen) atoms. The summed E-state index contributed by atoms with van der Waals surface area (Å²) in [7, 11) is 0. The third-order valence-corrected chi connectivity index (χ3v) is 1.19. The molecule has 0 amide bonds. The quantitative estimate of drug-likeness (QED) is 0.742. The molecule has 0 fully saturated rings. The largest absolute Gasteiger partial charge is 0.476 e. The molecule has 0 atom stereocenters. The van der Waals surface area contributed by atoms with E-state index in [2.05, 4.69) is 10.2 Å². The van der Waals surface area contributed by atoms with Gasteiger partial charge in [-0.3, -0.25) is 0 Å². The Morgan fingerprint density at radius 1 is 1.54 bits per heavy atom. The fraction of sp³-hybridized carbons (Fsp3) is 0.286. The number of hydrogen-bond donors (Lipinski definition) is 1. The van der Waals surface area contributed by atoms with E-state index in [4.69, 9.17) is 9.84 Å². The molecule has 1 heterocycles. The lowest BCUT2D eigenvalue weighted by Crippen LogP contribution is -2.05. The van der Waals surface area contributed by atoms with Crippen LogP contribution >= 0.6 is 0 Å². The highest BCUT2D eigenvalue weighted by Crippen LogP contribution is 2.04. The van der Waals surface area contributed by atoms with Gasteiger partial charge in [-0.05, 0) is 6.07 Å². The second kappa shape index (κ2) is 4.34. The van der Waals surface area contributed by atoms with E-state index in [1.54, 1.807) is 0 Å². The molecular formula is C7H7FN2O3. The van der Waals surface area contributed by atoms with E-state index in [1.165, 1.54) is 12.1 Å². The number of aromatic nitrogens is 2. The maximum atomic E-state index is 11.6. The summed E-state index contributed by atoms with van der Waals surface area (Å²) < 4.78 is 16.4. The predicted octanol–water partition coefficient (Wildman–Crippen LogP) is 0.523. The number of hydrogen-bond acceptors (Lipinski definition) is 4. The molecule has 0 aliphatic rings. The molecule has 0 radical (unpaired) electrons. The molecule has 6 heteroatoms. The molecule has 0 aliphatic heterocycles. The van der Waals surface area contributed by atoms with Crippen LogP contribution in [0.15, 0.2) is 12.1 Å². The van der Waals surface area contributed by atoms with Crippen molar-refractivity contribution in [1.82, 2.24) is 10.2 Å². The fourth-order valence-corrected chi connectivity index (χ4v) is 0.654. The van der Waals surface area contributed by atoms with Gasteiger partial charge in [-0.1, -0.05) is 0 Å². The Labute approximate surface area is 73.2 Å². The molecule has 0 spiro atoms. The van der Waals surface area contributed by atoms with Crippen molar-refractivity contribution in [3.8, 4) is 5.88 Å². The third kappa shape index (κ3) is 2.66. The van der Waals surface area contributed by atoms with E-state index in [-0.39, 0.29) is 18.2 Å². The first-order valence-electron chi connectivity index (χ1n) is 3.50. The minimum atomic E-state index is -1.16. The number of rotatable bonds is 4. The number of halogens is 1. The van der Waals surface area contributed by atoms with E-state index in [0.29, 0.717) is 0 Å². The summed E-state index contributed by atoms with van der Waals surface area (Å²) in [6.45, 7) is -0.733. The Morgan fingerprint density at radius 3 is 2.77 bits per heavy atom. The van der Waals surface area contributed by atoms with Crippen LogP contribution in [0.2, 0.25) is 0 Å². The SMILES string of the molecule is O=C(O)c1ccc(OCCF)nn1. The van der Waals surface area contributed by atoms with E-state index in [1.807, 2.05) is 0 Å². The van der Waals surface area contributed by atoms with Crippen molar-refractivity contribution in [1.29, 1.82) is 0 Å². The highest BCUT2D eigenvalue weighted by Gasteiger charge is 2.04. The van der Waals surface area contributed by atoms with Crippen LogP contribution in [0.1, 0.15) is 10.5 Å². The van der Waals surface area contributed by atoms with E-state index in [0.717, 1.165) is 0 Å². The first kappa shape index (κ1) is 9.37. The van der Waals surface area contributed by atoms with Crippen molar-refractivity contribution in [2.45, 2.75) is 0 Å². The average molecular weight is 186 g/mol. The van der Waals surface area contributed by atoms with Crippen molar-refractivity contribution >= 4 is 5.97 Å². The first-order chi connectivity index (χ1) is 6.24. The number of nitrogens with zero attached hydrogens (tertiary/aromatic N) is 2. The summed E-state index contributed by atoms with van der Waals surface area (Å²) in [4.78, 5) is 10.3. The van der Waals surface area contributed by atoms with Crippen LogP contribution in [-0.2, 0) is 0 Å². The number of aromatic carboxylic acids is 1. The van der Waals surface area contributed by atoms with Crippen LogP contribution in [0.25, 0.3) is 0 Å². The molecule has 0 unspecified atom stereocenters. The minimum absolute atomic E-state index is 0.110. The van der Waals surface area contributed by atoms with Gasteiger partial charge in [0.25, 0.3) is 0 Å². The maximum absolute atomic E-state index is 11.6. The zero-order chi connectivity index (χ0) is 9.68. The van der Waals surface area contributed by atoms with Gasteiger partial charge >= 0.3 is 5.97 Å². The highest BCUT2D eigenvalue weighted by molar-refractivity contribution is 5.84. The van der Waals surface area contributed by atoms with Gasteiger partial charge in [0.1, 0.15) is 13.3 Å². The number of carboxylic acids is 1. The Hall–Kier alpha value is -1.72. The zero-order valence-electron chi connectivity index (χ0n) is 6.61. The normalized spacial score (nSPS) is 9.62. The molecule has 0 saturated carbocycles.